The number of benzene rings is 3. The van der Waals surface area contributed by atoms with Gasteiger partial charge in [-0.15, -0.1) is 0 Å². The maximum absolute atomic E-state index is 6.03. The first-order chi connectivity index (χ1) is 16.2. The molecule has 7 heteroatoms. The molecule has 0 radical (unpaired) electrons. The summed E-state index contributed by atoms with van der Waals surface area (Å²) in [6, 6.07) is 24.1. The molecule has 0 heterocycles. The Labute approximate surface area is 195 Å². The van der Waals surface area contributed by atoms with Gasteiger partial charge >= 0.3 is 0 Å². The number of para-hydroxylation sites is 3. The summed E-state index contributed by atoms with van der Waals surface area (Å²) < 4.78 is 33.7. The van der Waals surface area contributed by atoms with Gasteiger partial charge in [0.05, 0.1) is 0 Å². The molecular weight excluding hydrogens is 439 g/mol. The van der Waals surface area contributed by atoms with Gasteiger partial charge in [0.15, 0.2) is 20.4 Å². The molecule has 0 spiro atoms. The second kappa shape index (κ2) is 12.5. The van der Waals surface area contributed by atoms with E-state index >= 15 is 0 Å². The fourth-order valence-electron chi connectivity index (χ4n) is 3.79. The molecule has 0 saturated heterocycles. The predicted molar refractivity (Wildman–Crippen MR) is 134 cm³/mol. The Bertz CT molecular complexity index is 950. The van der Waals surface area contributed by atoms with Crippen LogP contribution in [0.15, 0.2) is 72.8 Å². The van der Waals surface area contributed by atoms with Gasteiger partial charge in [0.25, 0.3) is 0 Å². The first-order valence-electron chi connectivity index (χ1n) is 10.6. The van der Waals surface area contributed by atoms with Crippen LogP contribution in [0.25, 0.3) is 0 Å². The van der Waals surface area contributed by atoms with Crippen LogP contribution < -0.4 is 30.1 Å². The summed E-state index contributed by atoms with van der Waals surface area (Å²) in [6.07, 6.45) is 0. The van der Waals surface area contributed by atoms with Crippen molar-refractivity contribution in [3.05, 3.63) is 72.8 Å². The van der Waals surface area contributed by atoms with Crippen LogP contribution in [-0.2, 0) is 14.2 Å². The molecule has 0 unspecified atom stereocenters. The standard InChI is InChI=1S/C26H31O6P/c1-5-33(24-15-9-6-12-21(24)30-18-27-2,25-16-10-7-13-22(25)31-19-28-3)26-17-11-8-14-23(26)32-20-29-4/h5-17H,18-20H2,1-4H3. The van der Waals surface area contributed by atoms with E-state index in [0.717, 1.165) is 33.2 Å². The van der Waals surface area contributed by atoms with Crippen LogP contribution in [-0.4, -0.2) is 47.5 Å². The van der Waals surface area contributed by atoms with Crippen molar-refractivity contribution >= 4 is 28.6 Å². The lowest BCUT2D eigenvalue weighted by Gasteiger charge is -2.32. The highest BCUT2D eigenvalue weighted by Crippen LogP contribution is 2.50. The molecule has 0 aliphatic carbocycles. The Kier molecular flexibility index (Phi) is 9.40. The van der Waals surface area contributed by atoms with Crippen LogP contribution in [0, 0.1) is 0 Å². The van der Waals surface area contributed by atoms with Crippen molar-refractivity contribution in [1.82, 2.24) is 0 Å². The van der Waals surface area contributed by atoms with E-state index in [4.69, 9.17) is 28.4 Å². The van der Waals surface area contributed by atoms with Crippen molar-refractivity contribution in [2.75, 3.05) is 41.7 Å². The maximum atomic E-state index is 6.03. The van der Waals surface area contributed by atoms with Gasteiger partial charge in [0.2, 0.25) is 0 Å². The van der Waals surface area contributed by atoms with Crippen molar-refractivity contribution in [2.45, 2.75) is 6.92 Å². The highest BCUT2D eigenvalue weighted by atomic mass is 31.2. The first-order valence-corrected chi connectivity index (χ1v) is 12.4. The number of ether oxygens (including phenoxy) is 6. The van der Waals surface area contributed by atoms with Crippen LogP contribution >= 0.6 is 6.89 Å². The molecule has 6 nitrogen and oxygen atoms in total. The van der Waals surface area contributed by atoms with Gasteiger partial charge in [-0.2, -0.15) is 0 Å². The molecule has 3 aromatic carbocycles. The van der Waals surface area contributed by atoms with Crippen LogP contribution in [0.3, 0.4) is 0 Å². The van der Waals surface area contributed by atoms with Crippen LogP contribution in [0.1, 0.15) is 6.92 Å². The van der Waals surface area contributed by atoms with Gasteiger partial charge in [-0.25, -0.2) is 0 Å². The van der Waals surface area contributed by atoms with Crippen molar-refractivity contribution in [1.29, 1.82) is 0 Å². The molecule has 3 aromatic rings. The molecule has 0 aliphatic heterocycles. The average Bonchev–Trinajstić information content (AvgIpc) is 2.87. The topological polar surface area (TPSA) is 55.4 Å². The number of rotatable bonds is 12. The molecule has 0 bridgehead atoms. The van der Waals surface area contributed by atoms with Crippen LogP contribution in [0.2, 0.25) is 0 Å². The Morgan fingerprint density at radius 3 is 1.12 bits per heavy atom. The largest absolute Gasteiger partial charge is 0.467 e. The first kappa shape index (κ1) is 24.9. The van der Waals surface area contributed by atoms with Crippen molar-refractivity contribution in [3.63, 3.8) is 0 Å². The van der Waals surface area contributed by atoms with E-state index in [9.17, 15) is 0 Å². The van der Waals surface area contributed by atoms with E-state index in [0.29, 0.717) is 0 Å². The second-order valence-corrected chi connectivity index (χ2v) is 10.4. The normalized spacial score (nSPS) is 11.2. The van der Waals surface area contributed by atoms with E-state index in [-0.39, 0.29) is 20.4 Å². The van der Waals surface area contributed by atoms with E-state index < -0.39 is 6.89 Å². The summed E-state index contributed by atoms with van der Waals surface area (Å²) in [6.45, 7) is 0.0659. The molecule has 0 aromatic heterocycles. The van der Waals surface area contributed by atoms with Gasteiger partial charge in [-0.3, -0.25) is 0 Å². The zero-order valence-electron chi connectivity index (χ0n) is 19.5. The minimum absolute atomic E-state index is 0.143. The molecule has 0 atom stereocenters. The zero-order valence-corrected chi connectivity index (χ0v) is 20.4. The quantitative estimate of drug-likeness (QED) is 0.297. The summed E-state index contributed by atoms with van der Waals surface area (Å²) in [4.78, 5) is 0. The Morgan fingerprint density at radius 2 is 0.848 bits per heavy atom. The Morgan fingerprint density at radius 1 is 0.545 bits per heavy atom. The highest BCUT2D eigenvalue weighted by molar-refractivity contribution is 7.94. The van der Waals surface area contributed by atoms with Crippen molar-refractivity contribution in [2.24, 2.45) is 0 Å². The van der Waals surface area contributed by atoms with E-state index in [1.807, 2.05) is 54.6 Å². The predicted octanol–water partition coefficient (Wildman–Crippen LogP) is 3.75. The lowest BCUT2D eigenvalue weighted by atomic mass is 10.3. The lowest BCUT2D eigenvalue weighted by Crippen LogP contribution is -2.30. The molecule has 0 aliphatic rings. The third-order valence-corrected chi connectivity index (χ3v) is 9.28. The van der Waals surface area contributed by atoms with Gasteiger partial charge in [-0.05, 0) is 32.0 Å². The summed E-state index contributed by atoms with van der Waals surface area (Å²) in [5.74, 6) is 4.48. The molecule has 3 rings (SSSR count). The summed E-state index contributed by atoms with van der Waals surface area (Å²) in [5, 5.41) is 3.10. The monoisotopic (exact) mass is 470 g/mol. The third kappa shape index (κ3) is 5.43. The molecule has 0 fully saturated rings. The minimum atomic E-state index is -2.43. The Balaban J connectivity index is 2.37. The molecule has 0 N–H and O–H groups in total. The maximum Gasteiger partial charge on any atom is 0.188 e. The molecule has 176 valence electrons. The SMILES string of the molecule is CC=P(c1ccccc1OCOC)(c1ccccc1OCOC)c1ccccc1OCOC. The van der Waals surface area contributed by atoms with E-state index in [1.165, 1.54) is 0 Å². The van der Waals surface area contributed by atoms with Crippen molar-refractivity contribution in [3.8, 4) is 17.2 Å². The molecule has 33 heavy (non-hydrogen) atoms. The smallest absolute Gasteiger partial charge is 0.188 e. The molecular formula is C26H31O6P. The van der Waals surface area contributed by atoms with Gasteiger partial charge in [0, 0.05) is 37.2 Å². The number of methoxy groups -OCH3 is 3. The summed E-state index contributed by atoms with van der Waals surface area (Å²) >= 11 is 0. The fourth-order valence-corrected chi connectivity index (χ4v) is 7.82. The van der Waals surface area contributed by atoms with Crippen molar-refractivity contribution < 1.29 is 28.4 Å². The van der Waals surface area contributed by atoms with Gasteiger partial charge < -0.3 is 28.4 Å². The lowest BCUT2D eigenvalue weighted by molar-refractivity contribution is 0.0518. The molecule has 0 saturated carbocycles. The third-order valence-electron chi connectivity index (χ3n) is 5.12. The number of hydrogen-bond donors (Lipinski definition) is 0. The second-order valence-electron chi connectivity index (χ2n) is 7.04. The van der Waals surface area contributed by atoms with Crippen LogP contribution in [0.5, 0.6) is 17.2 Å². The number of hydrogen-bond acceptors (Lipinski definition) is 6. The minimum Gasteiger partial charge on any atom is -0.467 e. The molecule has 0 amide bonds. The summed E-state index contributed by atoms with van der Waals surface area (Å²) in [7, 11) is 4.83. The van der Waals surface area contributed by atoms with E-state index in [1.54, 1.807) is 21.3 Å². The highest BCUT2D eigenvalue weighted by Gasteiger charge is 2.32. The average molecular weight is 471 g/mol. The Hall–Kier alpha value is -2.76. The summed E-state index contributed by atoms with van der Waals surface area (Å²) in [5.41, 5.74) is 0. The van der Waals surface area contributed by atoms with Gasteiger partial charge in [0.1, 0.15) is 17.2 Å². The van der Waals surface area contributed by atoms with Crippen LogP contribution in [0.4, 0.5) is 0 Å². The zero-order chi connectivity index (χ0) is 23.5. The van der Waals surface area contributed by atoms with Gasteiger partial charge in [-0.1, -0.05) is 60.4 Å². The van der Waals surface area contributed by atoms with E-state index in [2.05, 4.69) is 30.9 Å². The fraction of sp³-hybridized carbons (Fsp3) is 0.269.